The molecule has 3 aromatic rings. The molecule has 0 atom stereocenters. The lowest BCUT2D eigenvalue weighted by Gasteiger charge is -2.24. The molecule has 0 saturated heterocycles. The zero-order chi connectivity index (χ0) is 30.3. The summed E-state index contributed by atoms with van der Waals surface area (Å²) in [5.41, 5.74) is 16.6. The van der Waals surface area contributed by atoms with Gasteiger partial charge in [0, 0.05) is 28.3 Å². The van der Waals surface area contributed by atoms with E-state index < -0.39 is 52.5 Å². The number of nitrogens with one attached hydrogen (secondary N) is 2. The molecule has 0 aliphatic heterocycles. The third-order valence-corrected chi connectivity index (χ3v) is 7.42. The van der Waals surface area contributed by atoms with E-state index >= 15 is 0 Å². The molecule has 0 unspecified atom stereocenters. The molecule has 216 valence electrons. The predicted octanol–water partition coefficient (Wildman–Crippen LogP) is 1.38. The second kappa shape index (κ2) is 13.1. The van der Waals surface area contributed by atoms with Gasteiger partial charge in [-0.15, -0.1) is 0 Å². The SMILES string of the molecule is N=C(N)c1ccc(CNC(=O)c2cc(Cl)cc(N(CC(N)=O)S(=O)(=O)Cc3cccc(F)c3)c2)c(OCC(N)=O)c1. The van der Waals surface area contributed by atoms with Crippen LogP contribution in [0.1, 0.15) is 27.0 Å². The number of sulfonamides is 1. The van der Waals surface area contributed by atoms with Crippen LogP contribution in [-0.2, 0) is 31.9 Å². The average molecular weight is 605 g/mol. The van der Waals surface area contributed by atoms with Crippen molar-refractivity contribution in [1.29, 1.82) is 5.41 Å². The third kappa shape index (κ3) is 8.65. The maximum absolute atomic E-state index is 13.6. The highest BCUT2D eigenvalue weighted by molar-refractivity contribution is 7.92. The summed E-state index contributed by atoms with van der Waals surface area (Å²) in [5, 5.41) is 10.2. The van der Waals surface area contributed by atoms with Crippen LogP contribution in [0.5, 0.6) is 5.75 Å². The third-order valence-electron chi connectivity index (χ3n) is 5.49. The number of hydrogen-bond donors (Lipinski definition) is 5. The Balaban J connectivity index is 1.89. The molecule has 0 aromatic heterocycles. The van der Waals surface area contributed by atoms with Crippen LogP contribution in [0.25, 0.3) is 0 Å². The molecule has 0 aliphatic carbocycles. The summed E-state index contributed by atoms with van der Waals surface area (Å²) in [4.78, 5) is 36.0. The van der Waals surface area contributed by atoms with E-state index in [2.05, 4.69) is 5.32 Å². The van der Waals surface area contributed by atoms with Crippen LogP contribution in [0.2, 0.25) is 5.02 Å². The molecule has 15 heteroatoms. The highest BCUT2D eigenvalue weighted by atomic mass is 35.5. The number of amides is 3. The van der Waals surface area contributed by atoms with Gasteiger partial charge in [0.25, 0.3) is 11.8 Å². The van der Waals surface area contributed by atoms with Crippen molar-refractivity contribution in [3.05, 3.63) is 93.8 Å². The Hall–Kier alpha value is -4.69. The minimum Gasteiger partial charge on any atom is -0.483 e. The molecule has 3 aromatic carbocycles. The smallest absolute Gasteiger partial charge is 0.255 e. The average Bonchev–Trinajstić information content (AvgIpc) is 2.88. The lowest BCUT2D eigenvalue weighted by atomic mass is 10.1. The van der Waals surface area contributed by atoms with Gasteiger partial charge in [-0.2, -0.15) is 0 Å². The minimum absolute atomic E-state index is 0.0145. The number of rotatable bonds is 13. The van der Waals surface area contributed by atoms with Gasteiger partial charge in [0.15, 0.2) is 6.61 Å². The Kier molecular flexibility index (Phi) is 9.86. The molecule has 0 fully saturated rings. The highest BCUT2D eigenvalue weighted by Gasteiger charge is 2.26. The van der Waals surface area contributed by atoms with Gasteiger partial charge < -0.3 is 27.3 Å². The summed E-state index contributed by atoms with van der Waals surface area (Å²) in [6.07, 6.45) is 0. The largest absolute Gasteiger partial charge is 0.483 e. The van der Waals surface area contributed by atoms with Crippen LogP contribution >= 0.6 is 11.6 Å². The summed E-state index contributed by atoms with van der Waals surface area (Å²) in [6.45, 7) is -1.34. The first-order chi connectivity index (χ1) is 19.2. The summed E-state index contributed by atoms with van der Waals surface area (Å²) in [6, 6.07) is 13.1. The van der Waals surface area contributed by atoms with Crippen LogP contribution in [0, 0.1) is 11.2 Å². The number of carbonyl (C=O) groups is 3. The Bertz CT molecular complexity index is 1620. The standard InChI is InChI=1S/C26H26ClFN6O6S/c27-19-7-18(26(37)33-11-17-5-4-16(25(31)32)9-22(17)40-13-24(30)36)8-21(10-19)34(12-23(29)35)41(38,39)14-15-2-1-3-20(28)6-15/h1-10H,11-14H2,(H2,29,35)(H2,30,36)(H3,31,32)(H,33,37). The molecule has 0 bridgehead atoms. The van der Waals surface area contributed by atoms with Crippen molar-refractivity contribution >= 4 is 50.9 Å². The molecule has 3 rings (SSSR count). The molecule has 8 N–H and O–H groups in total. The fourth-order valence-corrected chi connectivity index (χ4v) is 5.42. The molecule has 0 spiro atoms. The molecule has 0 heterocycles. The summed E-state index contributed by atoms with van der Waals surface area (Å²) < 4.78 is 46.2. The number of hydrogen-bond acceptors (Lipinski definition) is 7. The monoisotopic (exact) mass is 604 g/mol. The molecular weight excluding hydrogens is 579 g/mol. The Morgan fingerprint density at radius 2 is 1.71 bits per heavy atom. The Labute approximate surface area is 239 Å². The van der Waals surface area contributed by atoms with Gasteiger partial charge in [-0.3, -0.25) is 24.1 Å². The molecule has 3 amide bonds. The number of nitrogens with zero attached hydrogens (tertiary/aromatic N) is 1. The van der Waals surface area contributed by atoms with E-state index in [4.69, 9.17) is 38.9 Å². The predicted molar refractivity (Wildman–Crippen MR) is 150 cm³/mol. The number of primary amides is 2. The molecule has 12 nitrogen and oxygen atoms in total. The van der Waals surface area contributed by atoms with Gasteiger partial charge in [-0.25, -0.2) is 12.8 Å². The molecule has 0 saturated carbocycles. The van der Waals surface area contributed by atoms with Crippen LogP contribution in [0.3, 0.4) is 0 Å². The first-order valence-electron chi connectivity index (χ1n) is 11.8. The Morgan fingerprint density at radius 1 is 0.976 bits per heavy atom. The fraction of sp³-hybridized carbons (Fsp3) is 0.154. The minimum atomic E-state index is -4.29. The molecule has 0 aliphatic rings. The first-order valence-corrected chi connectivity index (χ1v) is 13.7. The molecule has 41 heavy (non-hydrogen) atoms. The van der Waals surface area contributed by atoms with Gasteiger partial charge in [0.2, 0.25) is 15.9 Å². The number of nitrogen functional groups attached to an aromatic ring is 1. The summed E-state index contributed by atoms with van der Waals surface area (Å²) in [7, 11) is -4.29. The van der Waals surface area contributed by atoms with E-state index in [0.717, 1.165) is 12.1 Å². The quantitative estimate of drug-likeness (QED) is 0.143. The number of anilines is 1. The Morgan fingerprint density at radius 3 is 2.34 bits per heavy atom. The van der Waals surface area contributed by atoms with E-state index in [0.29, 0.717) is 15.4 Å². The fourth-order valence-electron chi connectivity index (χ4n) is 3.69. The van der Waals surface area contributed by atoms with Crippen LogP contribution < -0.4 is 31.6 Å². The van der Waals surface area contributed by atoms with Gasteiger partial charge in [0.05, 0.1) is 11.4 Å². The van der Waals surface area contributed by atoms with Gasteiger partial charge >= 0.3 is 0 Å². The number of benzene rings is 3. The van der Waals surface area contributed by atoms with Crippen molar-refractivity contribution in [2.24, 2.45) is 17.2 Å². The number of halogens is 2. The summed E-state index contributed by atoms with van der Waals surface area (Å²) in [5.74, 6) is -3.78. The molecule has 0 radical (unpaired) electrons. The number of ether oxygens (including phenoxy) is 1. The second-order valence-electron chi connectivity index (χ2n) is 8.73. The zero-order valence-corrected chi connectivity index (χ0v) is 23.0. The van der Waals surface area contributed by atoms with Gasteiger partial charge in [0.1, 0.15) is 23.9 Å². The van der Waals surface area contributed by atoms with E-state index in [1.165, 1.54) is 48.5 Å². The summed E-state index contributed by atoms with van der Waals surface area (Å²) >= 11 is 6.20. The maximum Gasteiger partial charge on any atom is 0.255 e. The van der Waals surface area contributed by atoms with Crippen LogP contribution in [-0.4, -0.2) is 45.1 Å². The van der Waals surface area contributed by atoms with Crippen LogP contribution in [0.15, 0.2) is 60.7 Å². The van der Waals surface area contributed by atoms with Crippen molar-refractivity contribution in [2.45, 2.75) is 12.3 Å². The van der Waals surface area contributed by atoms with Crippen molar-refractivity contribution < 1.29 is 31.9 Å². The van der Waals surface area contributed by atoms with Crippen molar-refractivity contribution in [3.8, 4) is 5.75 Å². The van der Waals surface area contributed by atoms with Crippen molar-refractivity contribution in [1.82, 2.24) is 5.32 Å². The van der Waals surface area contributed by atoms with E-state index in [1.54, 1.807) is 0 Å². The van der Waals surface area contributed by atoms with E-state index in [1.807, 2.05) is 0 Å². The van der Waals surface area contributed by atoms with Gasteiger partial charge in [-0.05, 0) is 42.0 Å². The number of amidine groups is 1. The van der Waals surface area contributed by atoms with E-state index in [-0.39, 0.29) is 40.0 Å². The highest BCUT2D eigenvalue weighted by Crippen LogP contribution is 2.27. The normalized spacial score (nSPS) is 11.0. The van der Waals surface area contributed by atoms with E-state index in [9.17, 15) is 27.2 Å². The van der Waals surface area contributed by atoms with Crippen molar-refractivity contribution in [3.63, 3.8) is 0 Å². The number of carbonyl (C=O) groups excluding carboxylic acids is 3. The zero-order valence-electron chi connectivity index (χ0n) is 21.4. The number of nitrogens with two attached hydrogens (primary N) is 3. The van der Waals surface area contributed by atoms with Crippen molar-refractivity contribution in [2.75, 3.05) is 17.5 Å². The van der Waals surface area contributed by atoms with Gasteiger partial charge in [-0.1, -0.05) is 35.9 Å². The second-order valence-corrected chi connectivity index (χ2v) is 11.1. The van der Waals surface area contributed by atoms with Crippen LogP contribution in [0.4, 0.5) is 10.1 Å². The maximum atomic E-state index is 13.6. The molecular formula is C26H26ClFN6O6S. The lowest BCUT2D eigenvalue weighted by molar-refractivity contribution is -0.120. The topological polar surface area (TPSA) is 212 Å². The first kappa shape index (κ1) is 30.8. The lowest BCUT2D eigenvalue weighted by Crippen LogP contribution is -2.39.